The van der Waals surface area contributed by atoms with Crippen molar-refractivity contribution in [3.63, 3.8) is 0 Å². The quantitative estimate of drug-likeness (QED) is 0.821. The molecule has 0 aromatic carbocycles. The van der Waals surface area contributed by atoms with Gasteiger partial charge in [0.1, 0.15) is 9.88 Å². The molecule has 0 aliphatic heterocycles. The highest BCUT2D eigenvalue weighted by atomic mass is 32.1. The Morgan fingerprint density at radius 1 is 1.43 bits per heavy atom. The van der Waals surface area contributed by atoms with E-state index in [-0.39, 0.29) is 17.3 Å². The molecule has 2 aromatic rings. The van der Waals surface area contributed by atoms with E-state index in [0.29, 0.717) is 17.1 Å². The van der Waals surface area contributed by atoms with Gasteiger partial charge in [0.25, 0.3) is 0 Å². The van der Waals surface area contributed by atoms with Gasteiger partial charge >= 0.3 is 5.97 Å². The minimum Gasteiger partial charge on any atom is -0.477 e. The number of aromatic carboxylic acids is 1. The highest BCUT2D eigenvalue weighted by molar-refractivity contribution is 7.13. The second-order valence-corrected chi connectivity index (χ2v) is 6.65. The molecule has 0 aliphatic carbocycles. The van der Waals surface area contributed by atoms with Crippen LogP contribution in [0.5, 0.6) is 0 Å². The summed E-state index contributed by atoms with van der Waals surface area (Å²) in [6.07, 6.45) is 2.18. The molecule has 21 heavy (non-hydrogen) atoms. The highest BCUT2D eigenvalue weighted by Crippen LogP contribution is 2.17. The number of carboxylic acid groups (broad SMARTS) is 1. The Hall–Kier alpha value is -1.73. The van der Waals surface area contributed by atoms with Crippen molar-refractivity contribution in [1.29, 1.82) is 0 Å². The van der Waals surface area contributed by atoms with E-state index < -0.39 is 5.97 Å². The van der Waals surface area contributed by atoms with Crippen molar-refractivity contribution in [2.45, 2.75) is 32.7 Å². The number of hydrogen-bond donors (Lipinski definition) is 2. The first-order valence-electron chi connectivity index (χ1n) is 6.55. The van der Waals surface area contributed by atoms with Gasteiger partial charge in [-0.05, 0) is 31.2 Å². The predicted octanol–water partition coefficient (Wildman–Crippen LogP) is 2.85. The zero-order chi connectivity index (χ0) is 15.2. The zero-order valence-electron chi connectivity index (χ0n) is 11.6. The number of thiazole rings is 1. The van der Waals surface area contributed by atoms with Crippen molar-refractivity contribution in [2.24, 2.45) is 0 Å². The first-order valence-corrected chi connectivity index (χ1v) is 8.24. The van der Waals surface area contributed by atoms with Crippen LogP contribution in [0.2, 0.25) is 0 Å². The molecule has 1 amide bonds. The van der Waals surface area contributed by atoms with Crippen LogP contribution >= 0.6 is 22.7 Å². The van der Waals surface area contributed by atoms with Crippen molar-refractivity contribution in [2.75, 3.05) is 0 Å². The minimum absolute atomic E-state index is 0.0312. The van der Waals surface area contributed by atoms with Crippen LogP contribution in [0.15, 0.2) is 17.5 Å². The molecule has 2 aromatic heterocycles. The van der Waals surface area contributed by atoms with E-state index in [1.807, 2.05) is 11.4 Å². The standard InChI is InChI=1S/C14H16N2O3S2/c1-9-13(14(18)19)21-12(16-9)8-15-11(17)6-2-4-10-5-3-7-20-10/h3,5,7H,2,4,6,8H2,1H3,(H,15,17)(H,18,19). The number of thiophene rings is 1. The maximum atomic E-state index is 11.7. The van der Waals surface area contributed by atoms with E-state index in [4.69, 9.17) is 5.11 Å². The summed E-state index contributed by atoms with van der Waals surface area (Å²) in [6.45, 7) is 1.95. The number of rotatable bonds is 7. The molecule has 0 fully saturated rings. The predicted molar refractivity (Wildman–Crippen MR) is 82.9 cm³/mol. The van der Waals surface area contributed by atoms with Crippen LogP contribution in [0.25, 0.3) is 0 Å². The average molecular weight is 324 g/mol. The number of hydrogen-bond acceptors (Lipinski definition) is 5. The van der Waals surface area contributed by atoms with Gasteiger partial charge in [-0.15, -0.1) is 22.7 Å². The molecule has 0 bridgehead atoms. The van der Waals surface area contributed by atoms with Crippen LogP contribution in [0, 0.1) is 6.92 Å². The van der Waals surface area contributed by atoms with Crippen LogP contribution in [0.3, 0.4) is 0 Å². The Labute approximate surface area is 130 Å². The van der Waals surface area contributed by atoms with Crippen LogP contribution in [0.4, 0.5) is 0 Å². The molecule has 7 heteroatoms. The lowest BCUT2D eigenvalue weighted by atomic mass is 10.2. The number of carbonyl (C=O) groups excluding carboxylic acids is 1. The SMILES string of the molecule is Cc1nc(CNC(=O)CCCc2cccs2)sc1C(=O)O. The maximum Gasteiger partial charge on any atom is 0.347 e. The van der Waals surface area contributed by atoms with Gasteiger partial charge in [0.15, 0.2) is 0 Å². The van der Waals surface area contributed by atoms with Gasteiger partial charge in [-0.3, -0.25) is 4.79 Å². The van der Waals surface area contributed by atoms with Gasteiger partial charge in [-0.2, -0.15) is 0 Å². The van der Waals surface area contributed by atoms with Crippen molar-refractivity contribution in [3.8, 4) is 0 Å². The number of carbonyl (C=O) groups is 2. The topological polar surface area (TPSA) is 79.3 Å². The number of carboxylic acids is 1. The van der Waals surface area contributed by atoms with Crippen molar-refractivity contribution in [1.82, 2.24) is 10.3 Å². The number of aromatic nitrogens is 1. The number of nitrogens with zero attached hydrogens (tertiary/aromatic N) is 1. The summed E-state index contributed by atoms with van der Waals surface area (Å²) < 4.78 is 0. The first-order chi connectivity index (χ1) is 10.1. The lowest BCUT2D eigenvalue weighted by Gasteiger charge is -2.02. The summed E-state index contributed by atoms with van der Waals surface area (Å²) in [7, 11) is 0. The lowest BCUT2D eigenvalue weighted by molar-refractivity contribution is -0.121. The summed E-state index contributed by atoms with van der Waals surface area (Å²) in [5.74, 6) is -1.00. The Balaban J connectivity index is 1.73. The molecular formula is C14H16N2O3S2. The van der Waals surface area contributed by atoms with Crippen LogP contribution in [-0.4, -0.2) is 22.0 Å². The van der Waals surface area contributed by atoms with Gasteiger partial charge in [-0.1, -0.05) is 6.07 Å². The normalized spacial score (nSPS) is 10.5. The second-order valence-electron chi connectivity index (χ2n) is 4.54. The minimum atomic E-state index is -0.974. The fourth-order valence-corrected chi connectivity index (χ4v) is 3.46. The maximum absolute atomic E-state index is 11.7. The third-order valence-corrected chi connectivity index (χ3v) is 4.96. The average Bonchev–Trinajstić information content (AvgIpc) is 3.06. The number of aryl methyl sites for hydroxylation is 2. The van der Waals surface area contributed by atoms with Gasteiger partial charge in [0.2, 0.25) is 5.91 Å². The number of nitrogens with one attached hydrogen (secondary N) is 1. The molecule has 0 spiro atoms. The Morgan fingerprint density at radius 3 is 2.86 bits per heavy atom. The Bertz CT molecular complexity index is 620. The lowest BCUT2D eigenvalue weighted by Crippen LogP contribution is -2.22. The van der Waals surface area contributed by atoms with Gasteiger partial charge in [0.05, 0.1) is 12.2 Å². The van der Waals surface area contributed by atoms with Gasteiger partial charge in [-0.25, -0.2) is 9.78 Å². The Morgan fingerprint density at radius 2 is 2.24 bits per heavy atom. The zero-order valence-corrected chi connectivity index (χ0v) is 13.2. The fourth-order valence-electron chi connectivity index (χ4n) is 1.87. The van der Waals surface area contributed by atoms with Crippen LogP contribution < -0.4 is 5.32 Å². The van der Waals surface area contributed by atoms with E-state index in [0.717, 1.165) is 24.2 Å². The molecule has 2 N–H and O–H groups in total. The third kappa shape index (κ3) is 4.64. The van der Waals surface area contributed by atoms with Crippen LogP contribution in [-0.2, 0) is 17.8 Å². The molecule has 0 aliphatic rings. The summed E-state index contributed by atoms with van der Waals surface area (Å²) in [6, 6.07) is 4.07. The van der Waals surface area contributed by atoms with E-state index in [9.17, 15) is 9.59 Å². The van der Waals surface area contributed by atoms with E-state index in [1.165, 1.54) is 4.88 Å². The largest absolute Gasteiger partial charge is 0.477 e. The fraction of sp³-hybridized carbons (Fsp3) is 0.357. The van der Waals surface area contributed by atoms with Crippen LogP contribution in [0.1, 0.15) is 38.1 Å². The van der Waals surface area contributed by atoms with E-state index >= 15 is 0 Å². The van der Waals surface area contributed by atoms with Gasteiger partial charge in [0, 0.05) is 11.3 Å². The van der Waals surface area contributed by atoms with Crippen molar-refractivity contribution < 1.29 is 14.7 Å². The molecule has 0 radical (unpaired) electrons. The highest BCUT2D eigenvalue weighted by Gasteiger charge is 2.14. The summed E-state index contributed by atoms with van der Waals surface area (Å²) in [4.78, 5) is 28.3. The second kappa shape index (κ2) is 7.33. The number of amides is 1. The molecule has 5 nitrogen and oxygen atoms in total. The molecular weight excluding hydrogens is 308 g/mol. The molecule has 2 heterocycles. The van der Waals surface area contributed by atoms with E-state index in [1.54, 1.807) is 18.3 Å². The van der Waals surface area contributed by atoms with E-state index in [2.05, 4.69) is 16.4 Å². The summed E-state index contributed by atoms with van der Waals surface area (Å²) >= 11 is 2.80. The molecule has 0 unspecified atom stereocenters. The molecule has 0 saturated heterocycles. The molecule has 112 valence electrons. The van der Waals surface area contributed by atoms with Crippen molar-refractivity contribution in [3.05, 3.63) is 38.0 Å². The molecule has 0 atom stereocenters. The molecule has 0 saturated carbocycles. The monoisotopic (exact) mass is 324 g/mol. The summed E-state index contributed by atoms with van der Waals surface area (Å²) in [5, 5.41) is 14.4. The third-order valence-electron chi connectivity index (χ3n) is 2.88. The van der Waals surface area contributed by atoms with Crippen molar-refractivity contribution >= 4 is 34.6 Å². The molecule has 2 rings (SSSR count). The van der Waals surface area contributed by atoms with Gasteiger partial charge < -0.3 is 10.4 Å². The first kappa shape index (κ1) is 15.7. The summed E-state index contributed by atoms with van der Waals surface area (Å²) in [5.41, 5.74) is 0.495. The smallest absolute Gasteiger partial charge is 0.347 e. The Kier molecular flexibility index (Phi) is 5.46.